The van der Waals surface area contributed by atoms with Gasteiger partial charge in [-0.1, -0.05) is 18.2 Å². The minimum absolute atomic E-state index is 0.0624. The number of nitrogens with zero attached hydrogens (tertiary/aromatic N) is 1. The van der Waals surface area contributed by atoms with Gasteiger partial charge >= 0.3 is 0 Å². The summed E-state index contributed by atoms with van der Waals surface area (Å²) in [7, 11) is 0. The number of carbonyl (C=O) groups is 1. The van der Waals surface area contributed by atoms with Gasteiger partial charge in [-0.2, -0.15) is 0 Å². The van der Waals surface area contributed by atoms with E-state index < -0.39 is 0 Å². The summed E-state index contributed by atoms with van der Waals surface area (Å²) in [6, 6.07) is 8.07. The predicted octanol–water partition coefficient (Wildman–Crippen LogP) is 2.01. The van der Waals surface area contributed by atoms with Crippen LogP contribution in [0.15, 0.2) is 30.5 Å². The maximum Gasteiger partial charge on any atom is 0.237 e. The highest BCUT2D eigenvalue weighted by Crippen LogP contribution is 2.21. The van der Waals surface area contributed by atoms with E-state index in [1.807, 2.05) is 29.0 Å². The van der Waals surface area contributed by atoms with E-state index in [-0.39, 0.29) is 18.0 Å². The third-order valence-electron chi connectivity index (χ3n) is 3.01. The number of para-hydroxylation sites is 1. The molecule has 1 amide bonds. The van der Waals surface area contributed by atoms with Gasteiger partial charge in [0.15, 0.2) is 0 Å². The molecule has 0 radical (unpaired) electrons. The fourth-order valence-corrected chi connectivity index (χ4v) is 2.12. The smallest absolute Gasteiger partial charge is 0.237 e. The maximum absolute atomic E-state index is 11.1. The average Bonchev–Trinajstić information content (AvgIpc) is 2.64. The number of benzene rings is 1. The number of rotatable bonds is 4. The SMILES string of the molecule is CC(C)(C)NCc1cn(CC(N)=O)c2ccccc12. The summed E-state index contributed by atoms with van der Waals surface area (Å²) in [5, 5.41) is 4.63. The van der Waals surface area contributed by atoms with Crippen LogP contribution in [0.2, 0.25) is 0 Å². The van der Waals surface area contributed by atoms with Gasteiger partial charge in [-0.05, 0) is 32.4 Å². The Labute approximate surface area is 113 Å². The highest BCUT2D eigenvalue weighted by atomic mass is 16.1. The Morgan fingerprint density at radius 1 is 1.32 bits per heavy atom. The molecule has 3 N–H and O–H groups in total. The van der Waals surface area contributed by atoms with E-state index in [2.05, 4.69) is 32.2 Å². The topological polar surface area (TPSA) is 60.1 Å². The van der Waals surface area contributed by atoms with Crippen molar-refractivity contribution >= 4 is 16.8 Å². The molecule has 0 aliphatic heterocycles. The normalized spacial score (nSPS) is 11.9. The molecule has 0 saturated carbocycles. The molecule has 1 heterocycles. The van der Waals surface area contributed by atoms with Crippen molar-refractivity contribution in [3.05, 3.63) is 36.0 Å². The van der Waals surface area contributed by atoms with Crippen LogP contribution in [-0.2, 0) is 17.9 Å². The lowest BCUT2D eigenvalue weighted by atomic mass is 10.1. The number of carbonyl (C=O) groups excluding carboxylic acids is 1. The first-order chi connectivity index (χ1) is 8.87. The summed E-state index contributed by atoms with van der Waals surface area (Å²) in [6.45, 7) is 7.40. The number of amides is 1. The lowest BCUT2D eigenvalue weighted by Gasteiger charge is -2.20. The fraction of sp³-hybridized carbons (Fsp3) is 0.400. The molecule has 0 bridgehead atoms. The fourth-order valence-electron chi connectivity index (χ4n) is 2.12. The Bertz CT molecular complexity index is 593. The molecule has 2 rings (SSSR count). The van der Waals surface area contributed by atoms with Crippen LogP contribution in [0.4, 0.5) is 0 Å². The van der Waals surface area contributed by atoms with E-state index in [9.17, 15) is 4.79 Å². The molecule has 2 aromatic rings. The molecule has 0 saturated heterocycles. The highest BCUT2D eigenvalue weighted by molar-refractivity contribution is 5.85. The molecule has 1 aromatic heterocycles. The van der Waals surface area contributed by atoms with Crippen LogP contribution in [0.25, 0.3) is 10.9 Å². The van der Waals surface area contributed by atoms with E-state index in [1.54, 1.807) is 0 Å². The van der Waals surface area contributed by atoms with Crippen LogP contribution in [0.1, 0.15) is 26.3 Å². The average molecular weight is 259 g/mol. The second-order valence-electron chi connectivity index (χ2n) is 5.87. The first-order valence-electron chi connectivity index (χ1n) is 6.47. The van der Waals surface area contributed by atoms with Crippen LogP contribution in [0.5, 0.6) is 0 Å². The van der Waals surface area contributed by atoms with Crippen LogP contribution >= 0.6 is 0 Å². The summed E-state index contributed by atoms with van der Waals surface area (Å²) >= 11 is 0. The van der Waals surface area contributed by atoms with Crippen molar-refractivity contribution in [2.75, 3.05) is 0 Å². The van der Waals surface area contributed by atoms with Gasteiger partial charge in [-0.15, -0.1) is 0 Å². The van der Waals surface area contributed by atoms with Gasteiger partial charge in [-0.3, -0.25) is 4.79 Å². The third-order valence-corrected chi connectivity index (χ3v) is 3.01. The Balaban J connectivity index is 2.36. The molecule has 102 valence electrons. The quantitative estimate of drug-likeness (QED) is 0.882. The number of fused-ring (bicyclic) bond motifs is 1. The van der Waals surface area contributed by atoms with Crippen molar-refractivity contribution in [1.29, 1.82) is 0 Å². The first kappa shape index (κ1) is 13.6. The minimum Gasteiger partial charge on any atom is -0.368 e. The first-order valence-corrected chi connectivity index (χ1v) is 6.47. The zero-order valence-corrected chi connectivity index (χ0v) is 11.7. The van der Waals surface area contributed by atoms with E-state index in [4.69, 9.17) is 5.73 Å². The van der Waals surface area contributed by atoms with E-state index in [0.717, 1.165) is 12.1 Å². The molecule has 0 aliphatic rings. The van der Waals surface area contributed by atoms with Gasteiger partial charge in [-0.25, -0.2) is 0 Å². The van der Waals surface area contributed by atoms with Crippen molar-refractivity contribution in [1.82, 2.24) is 9.88 Å². The van der Waals surface area contributed by atoms with E-state index in [0.29, 0.717) is 0 Å². The molecular formula is C15H21N3O. The van der Waals surface area contributed by atoms with Crippen molar-refractivity contribution in [3.63, 3.8) is 0 Å². The van der Waals surface area contributed by atoms with Gasteiger partial charge in [0.2, 0.25) is 5.91 Å². The lowest BCUT2D eigenvalue weighted by molar-refractivity contribution is -0.118. The van der Waals surface area contributed by atoms with Crippen molar-refractivity contribution in [3.8, 4) is 0 Å². The van der Waals surface area contributed by atoms with E-state index in [1.165, 1.54) is 10.9 Å². The Hall–Kier alpha value is -1.81. The summed E-state index contributed by atoms with van der Waals surface area (Å²) in [5.41, 5.74) is 7.59. The van der Waals surface area contributed by atoms with Gasteiger partial charge in [0.25, 0.3) is 0 Å². The number of nitrogens with one attached hydrogen (secondary N) is 1. The van der Waals surface area contributed by atoms with Crippen LogP contribution < -0.4 is 11.1 Å². The minimum atomic E-state index is -0.323. The maximum atomic E-state index is 11.1. The number of nitrogens with two attached hydrogens (primary N) is 1. The lowest BCUT2D eigenvalue weighted by Crippen LogP contribution is -2.35. The third kappa shape index (κ3) is 3.35. The van der Waals surface area contributed by atoms with Gasteiger partial charge in [0.05, 0.1) is 0 Å². The molecule has 0 fully saturated rings. The number of aromatic nitrogens is 1. The van der Waals surface area contributed by atoms with Crippen LogP contribution in [-0.4, -0.2) is 16.0 Å². The molecule has 19 heavy (non-hydrogen) atoms. The summed E-state index contributed by atoms with van der Waals surface area (Å²) in [4.78, 5) is 11.1. The van der Waals surface area contributed by atoms with Gasteiger partial charge < -0.3 is 15.6 Å². The molecule has 4 nitrogen and oxygen atoms in total. The van der Waals surface area contributed by atoms with Gasteiger partial charge in [0, 0.05) is 29.2 Å². The molecule has 4 heteroatoms. The molecule has 0 aliphatic carbocycles. The van der Waals surface area contributed by atoms with E-state index >= 15 is 0 Å². The van der Waals surface area contributed by atoms with Crippen LogP contribution in [0.3, 0.4) is 0 Å². The summed E-state index contributed by atoms with van der Waals surface area (Å²) in [5.74, 6) is -0.323. The summed E-state index contributed by atoms with van der Waals surface area (Å²) in [6.07, 6.45) is 2.01. The second-order valence-corrected chi connectivity index (χ2v) is 5.87. The monoisotopic (exact) mass is 259 g/mol. The van der Waals surface area contributed by atoms with Crippen molar-refractivity contribution < 1.29 is 4.79 Å². The molecule has 0 unspecified atom stereocenters. The Morgan fingerprint density at radius 3 is 2.63 bits per heavy atom. The number of primary amides is 1. The van der Waals surface area contributed by atoms with Gasteiger partial charge in [0.1, 0.15) is 6.54 Å². The number of hydrogen-bond donors (Lipinski definition) is 2. The zero-order valence-electron chi connectivity index (χ0n) is 11.7. The predicted molar refractivity (Wildman–Crippen MR) is 77.7 cm³/mol. The van der Waals surface area contributed by atoms with Crippen molar-refractivity contribution in [2.45, 2.75) is 39.4 Å². The summed E-state index contributed by atoms with van der Waals surface area (Å²) < 4.78 is 1.91. The Kier molecular flexibility index (Phi) is 3.62. The largest absolute Gasteiger partial charge is 0.368 e. The zero-order chi connectivity index (χ0) is 14.0. The molecular weight excluding hydrogens is 238 g/mol. The Morgan fingerprint density at radius 2 is 2.00 bits per heavy atom. The highest BCUT2D eigenvalue weighted by Gasteiger charge is 2.13. The molecule has 0 spiro atoms. The standard InChI is InChI=1S/C15H21N3O/c1-15(2,3)17-8-11-9-18(10-14(16)19)13-7-5-4-6-12(11)13/h4-7,9,17H,8,10H2,1-3H3,(H2,16,19). The second kappa shape index (κ2) is 5.05. The molecule has 1 aromatic carbocycles. The number of hydrogen-bond acceptors (Lipinski definition) is 2. The molecule has 0 atom stereocenters. The van der Waals surface area contributed by atoms with Crippen LogP contribution in [0, 0.1) is 0 Å². The van der Waals surface area contributed by atoms with Crippen molar-refractivity contribution in [2.24, 2.45) is 5.73 Å².